The summed E-state index contributed by atoms with van der Waals surface area (Å²) in [5.74, 6) is 1.56. The van der Waals surface area contributed by atoms with Gasteiger partial charge in [0.15, 0.2) is 11.5 Å². The van der Waals surface area contributed by atoms with Crippen LogP contribution in [0, 0.1) is 6.92 Å². The van der Waals surface area contributed by atoms with E-state index in [1.807, 2.05) is 32.0 Å². The van der Waals surface area contributed by atoms with Crippen molar-refractivity contribution in [1.82, 2.24) is 0 Å². The Bertz CT molecular complexity index is 312. The number of hydrogen-bond acceptors (Lipinski definition) is 3. The van der Waals surface area contributed by atoms with Crippen molar-refractivity contribution in [3.05, 3.63) is 23.8 Å². The van der Waals surface area contributed by atoms with E-state index in [9.17, 15) is 0 Å². The molecule has 1 rings (SSSR count). The molecule has 0 saturated heterocycles. The van der Waals surface area contributed by atoms with E-state index >= 15 is 0 Å². The zero-order chi connectivity index (χ0) is 11.3. The lowest BCUT2D eigenvalue weighted by molar-refractivity contribution is 0.204. The summed E-state index contributed by atoms with van der Waals surface area (Å²) in [4.78, 5) is 0. The molecule has 3 heteroatoms. The number of methoxy groups -OCH3 is 1. The van der Waals surface area contributed by atoms with Crippen molar-refractivity contribution in [2.75, 3.05) is 13.7 Å². The highest BCUT2D eigenvalue weighted by molar-refractivity contribution is 5.42. The first-order chi connectivity index (χ1) is 7.17. The highest BCUT2D eigenvalue weighted by Gasteiger charge is 2.08. The van der Waals surface area contributed by atoms with Crippen LogP contribution in [0.15, 0.2) is 18.2 Å². The molecule has 1 unspecified atom stereocenters. The minimum Gasteiger partial charge on any atom is -0.493 e. The van der Waals surface area contributed by atoms with Crippen LogP contribution in [0.1, 0.15) is 18.9 Å². The quantitative estimate of drug-likeness (QED) is 0.807. The molecule has 0 radical (unpaired) electrons. The molecule has 0 fully saturated rings. The van der Waals surface area contributed by atoms with Crippen LogP contribution < -0.4 is 15.2 Å². The highest BCUT2D eigenvalue weighted by Crippen LogP contribution is 2.28. The lowest BCUT2D eigenvalue weighted by Crippen LogP contribution is -2.17. The molecule has 1 atom stereocenters. The van der Waals surface area contributed by atoms with Gasteiger partial charge in [-0.15, -0.1) is 0 Å². The fourth-order valence-electron chi connectivity index (χ4n) is 1.38. The Morgan fingerprint density at radius 1 is 1.33 bits per heavy atom. The molecule has 0 amide bonds. The molecular weight excluding hydrogens is 190 g/mol. The Labute approximate surface area is 91.2 Å². The monoisotopic (exact) mass is 209 g/mol. The molecule has 84 valence electrons. The molecule has 3 nitrogen and oxygen atoms in total. The van der Waals surface area contributed by atoms with Crippen LogP contribution in [0.5, 0.6) is 11.5 Å². The summed E-state index contributed by atoms with van der Waals surface area (Å²) in [5, 5.41) is 0. The third-order valence-electron chi connectivity index (χ3n) is 2.22. The van der Waals surface area contributed by atoms with Crippen LogP contribution in [0.2, 0.25) is 0 Å². The molecule has 2 N–H and O–H groups in total. The Balaban J connectivity index is 2.75. The maximum Gasteiger partial charge on any atom is 0.161 e. The zero-order valence-electron chi connectivity index (χ0n) is 9.62. The summed E-state index contributed by atoms with van der Waals surface area (Å²) in [7, 11) is 1.65. The van der Waals surface area contributed by atoms with E-state index in [0.29, 0.717) is 6.54 Å². The summed E-state index contributed by atoms with van der Waals surface area (Å²) in [6.45, 7) is 4.66. The molecule has 0 aliphatic carbocycles. The average Bonchev–Trinajstić information content (AvgIpc) is 2.21. The largest absolute Gasteiger partial charge is 0.493 e. The predicted molar refractivity (Wildman–Crippen MR) is 61.5 cm³/mol. The van der Waals surface area contributed by atoms with Gasteiger partial charge in [-0.25, -0.2) is 0 Å². The zero-order valence-corrected chi connectivity index (χ0v) is 9.62. The minimum absolute atomic E-state index is 0.117. The van der Waals surface area contributed by atoms with E-state index < -0.39 is 0 Å². The van der Waals surface area contributed by atoms with Crippen molar-refractivity contribution in [1.29, 1.82) is 0 Å². The number of hydrogen-bond donors (Lipinski definition) is 1. The second kappa shape index (κ2) is 5.61. The molecule has 0 bridgehead atoms. The van der Waals surface area contributed by atoms with Gasteiger partial charge in [0.1, 0.15) is 0 Å². The Hall–Kier alpha value is -1.22. The van der Waals surface area contributed by atoms with Gasteiger partial charge in [0.25, 0.3) is 0 Å². The van der Waals surface area contributed by atoms with Crippen LogP contribution in [0.3, 0.4) is 0 Å². The molecule has 0 aliphatic rings. The van der Waals surface area contributed by atoms with E-state index in [1.54, 1.807) is 7.11 Å². The van der Waals surface area contributed by atoms with Crippen molar-refractivity contribution >= 4 is 0 Å². The van der Waals surface area contributed by atoms with Gasteiger partial charge in [0.05, 0.1) is 13.2 Å². The lowest BCUT2D eigenvalue weighted by atomic mass is 10.2. The summed E-state index contributed by atoms with van der Waals surface area (Å²) in [6, 6.07) is 5.90. The van der Waals surface area contributed by atoms with E-state index in [4.69, 9.17) is 15.2 Å². The van der Waals surface area contributed by atoms with Crippen LogP contribution >= 0.6 is 0 Å². The van der Waals surface area contributed by atoms with Gasteiger partial charge in [-0.05, 0) is 44.5 Å². The maximum absolute atomic E-state index is 5.73. The van der Waals surface area contributed by atoms with Gasteiger partial charge in [-0.3, -0.25) is 0 Å². The Kier molecular flexibility index (Phi) is 4.43. The van der Waals surface area contributed by atoms with Gasteiger partial charge < -0.3 is 15.2 Å². The fourth-order valence-corrected chi connectivity index (χ4v) is 1.38. The molecular formula is C12H19NO2. The lowest BCUT2D eigenvalue weighted by Gasteiger charge is -2.16. The van der Waals surface area contributed by atoms with Crippen LogP contribution in [0.25, 0.3) is 0 Å². The van der Waals surface area contributed by atoms with Crippen molar-refractivity contribution in [2.45, 2.75) is 26.4 Å². The van der Waals surface area contributed by atoms with E-state index in [-0.39, 0.29) is 6.10 Å². The van der Waals surface area contributed by atoms with Crippen molar-refractivity contribution in [3.8, 4) is 11.5 Å². The van der Waals surface area contributed by atoms with Gasteiger partial charge in [-0.2, -0.15) is 0 Å². The fraction of sp³-hybridized carbons (Fsp3) is 0.500. The summed E-state index contributed by atoms with van der Waals surface area (Å²) in [5.41, 5.74) is 6.62. The summed E-state index contributed by atoms with van der Waals surface area (Å²) < 4.78 is 11.0. The molecule has 0 heterocycles. The number of nitrogens with two attached hydrogens (primary N) is 1. The molecule has 0 spiro atoms. The van der Waals surface area contributed by atoms with E-state index in [0.717, 1.165) is 23.5 Å². The van der Waals surface area contributed by atoms with Crippen molar-refractivity contribution < 1.29 is 9.47 Å². The van der Waals surface area contributed by atoms with Gasteiger partial charge >= 0.3 is 0 Å². The normalized spacial score (nSPS) is 12.3. The molecule has 0 aromatic heterocycles. The number of rotatable bonds is 5. The van der Waals surface area contributed by atoms with Crippen molar-refractivity contribution in [3.63, 3.8) is 0 Å². The standard InChI is InChI=1S/C12H19NO2/c1-9-4-5-11(12(8-9)14-3)15-10(2)6-7-13/h4-5,8,10H,6-7,13H2,1-3H3. The van der Waals surface area contributed by atoms with Crippen LogP contribution in [-0.4, -0.2) is 19.8 Å². The summed E-state index contributed by atoms with van der Waals surface area (Å²) >= 11 is 0. The molecule has 0 aliphatic heterocycles. The first-order valence-electron chi connectivity index (χ1n) is 5.18. The van der Waals surface area contributed by atoms with Crippen LogP contribution in [-0.2, 0) is 0 Å². The second-order valence-electron chi connectivity index (χ2n) is 3.66. The topological polar surface area (TPSA) is 44.5 Å². The molecule has 15 heavy (non-hydrogen) atoms. The second-order valence-corrected chi connectivity index (χ2v) is 3.66. The summed E-state index contributed by atoms with van der Waals surface area (Å²) in [6.07, 6.45) is 0.962. The predicted octanol–water partition coefficient (Wildman–Crippen LogP) is 2.12. The highest BCUT2D eigenvalue weighted by atomic mass is 16.5. The molecule has 1 aromatic rings. The smallest absolute Gasteiger partial charge is 0.161 e. The molecule has 1 aromatic carbocycles. The molecule has 0 saturated carbocycles. The minimum atomic E-state index is 0.117. The maximum atomic E-state index is 5.73. The van der Waals surface area contributed by atoms with Crippen LogP contribution in [0.4, 0.5) is 0 Å². The number of aryl methyl sites for hydroxylation is 1. The van der Waals surface area contributed by atoms with Gasteiger partial charge in [0, 0.05) is 0 Å². The Morgan fingerprint density at radius 2 is 2.07 bits per heavy atom. The third kappa shape index (κ3) is 3.44. The SMILES string of the molecule is COc1cc(C)ccc1OC(C)CCN. The van der Waals surface area contributed by atoms with Gasteiger partial charge in [0.2, 0.25) is 0 Å². The van der Waals surface area contributed by atoms with Crippen molar-refractivity contribution in [2.24, 2.45) is 5.73 Å². The Morgan fingerprint density at radius 3 is 2.67 bits per heavy atom. The first kappa shape index (κ1) is 11.9. The third-order valence-corrected chi connectivity index (χ3v) is 2.22. The van der Waals surface area contributed by atoms with E-state index in [1.165, 1.54) is 0 Å². The van der Waals surface area contributed by atoms with E-state index in [2.05, 4.69) is 0 Å². The van der Waals surface area contributed by atoms with Gasteiger partial charge in [-0.1, -0.05) is 6.07 Å². The average molecular weight is 209 g/mol. The first-order valence-corrected chi connectivity index (χ1v) is 5.18. The number of benzene rings is 1. The number of ether oxygens (including phenoxy) is 2.